The van der Waals surface area contributed by atoms with Crippen molar-refractivity contribution in [3.63, 3.8) is 0 Å². The molecule has 1 N–H and O–H groups in total. The molecule has 24 heavy (non-hydrogen) atoms. The molecule has 0 fully saturated rings. The second-order valence-corrected chi connectivity index (χ2v) is 5.93. The second-order valence-electron chi connectivity index (χ2n) is 5.02. The minimum Gasteiger partial charge on any atom is -0.421 e. The van der Waals surface area contributed by atoms with Crippen molar-refractivity contribution in [1.82, 2.24) is 10.2 Å². The summed E-state index contributed by atoms with van der Waals surface area (Å²) >= 11 is 3.37. The predicted molar refractivity (Wildman–Crippen MR) is 86.9 cm³/mol. The average Bonchev–Trinajstić information content (AvgIpc) is 2.95. The molecule has 0 aliphatic heterocycles. The maximum Gasteiger partial charge on any atom is 0.416 e. The Hall–Kier alpha value is -2.35. The number of halogens is 4. The van der Waals surface area contributed by atoms with Crippen molar-refractivity contribution in [3.8, 4) is 11.5 Å². The van der Waals surface area contributed by atoms with E-state index in [-0.39, 0.29) is 0 Å². The Balaban J connectivity index is 1.93. The summed E-state index contributed by atoms with van der Waals surface area (Å²) in [7, 11) is 0. The van der Waals surface area contributed by atoms with Crippen LogP contribution in [0.15, 0.2) is 51.4 Å². The lowest BCUT2D eigenvalue weighted by Crippen LogP contribution is -2.04. The smallest absolute Gasteiger partial charge is 0.416 e. The van der Waals surface area contributed by atoms with Gasteiger partial charge in [-0.2, -0.15) is 13.2 Å². The fraction of sp³-hybridized carbons (Fsp3) is 0.125. The van der Waals surface area contributed by atoms with Crippen molar-refractivity contribution in [1.29, 1.82) is 0 Å². The molecule has 0 bridgehead atoms. The number of nitrogens with zero attached hydrogens (tertiary/aromatic N) is 2. The van der Waals surface area contributed by atoms with Gasteiger partial charge in [0.1, 0.15) is 0 Å². The third kappa shape index (κ3) is 3.59. The van der Waals surface area contributed by atoms with Gasteiger partial charge < -0.3 is 9.73 Å². The summed E-state index contributed by atoms with van der Waals surface area (Å²) in [6, 6.07) is 10.2. The summed E-state index contributed by atoms with van der Waals surface area (Å²) in [5.41, 5.74) is 1.10. The zero-order valence-electron chi connectivity index (χ0n) is 12.4. The van der Waals surface area contributed by atoms with Crippen LogP contribution in [-0.2, 0) is 6.18 Å². The molecule has 0 spiro atoms. The third-order valence-electron chi connectivity index (χ3n) is 3.23. The van der Waals surface area contributed by atoms with Crippen LogP contribution in [-0.4, -0.2) is 10.2 Å². The standard InChI is InChI=1S/C16H11BrF3N3O/c1-9-22-23-15(24-9)13-8-11(17)4-7-14(13)21-12-5-2-10(3-6-12)16(18,19)20/h2-8,21H,1H3. The molecule has 3 aromatic rings. The second kappa shape index (κ2) is 6.27. The largest absolute Gasteiger partial charge is 0.421 e. The zero-order valence-corrected chi connectivity index (χ0v) is 13.9. The molecule has 3 rings (SSSR count). The number of rotatable bonds is 3. The Labute approximate surface area is 143 Å². The van der Waals surface area contributed by atoms with E-state index in [9.17, 15) is 13.2 Å². The summed E-state index contributed by atoms with van der Waals surface area (Å²) < 4.78 is 44.1. The molecule has 124 valence electrons. The number of alkyl halides is 3. The van der Waals surface area contributed by atoms with Gasteiger partial charge >= 0.3 is 6.18 Å². The van der Waals surface area contributed by atoms with Crippen LogP contribution < -0.4 is 5.32 Å². The van der Waals surface area contributed by atoms with Gasteiger partial charge in [0.15, 0.2) is 0 Å². The lowest BCUT2D eigenvalue weighted by Gasteiger charge is -2.12. The maximum absolute atomic E-state index is 12.6. The van der Waals surface area contributed by atoms with Gasteiger partial charge in [0.2, 0.25) is 11.8 Å². The van der Waals surface area contributed by atoms with Crippen molar-refractivity contribution in [2.45, 2.75) is 13.1 Å². The molecule has 4 nitrogen and oxygen atoms in total. The quantitative estimate of drug-likeness (QED) is 0.627. The molecule has 0 aliphatic carbocycles. The van der Waals surface area contributed by atoms with Gasteiger partial charge in [0, 0.05) is 17.1 Å². The fourth-order valence-electron chi connectivity index (χ4n) is 2.11. The number of anilines is 2. The summed E-state index contributed by atoms with van der Waals surface area (Å²) in [6.45, 7) is 1.68. The molecule has 8 heteroatoms. The maximum atomic E-state index is 12.6. The number of hydrogen-bond donors (Lipinski definition) is 1. The van der Waals surface area contributed by atoms with E-state index in [0.717, 1.165) is 16.6 Å². The van der Waals surface area contributed by atoms with E-state index in [1.807, 2.05) is 0 Å². The first-order valence-corrected chi connectivity index (χ1v) is 7.66. The summed E-state index contributed by atoms with van der Waals surface area (Å²) in [4.78, 5) is 0. The Morgan fingerprint density at radius 3 is 2.33 bits per heavy atom. The highest BCUT2D eigenvalue weighted by molar-refractivity contribution is 9.10. The SMILES string of the molecule is Cc1nnc(-c2cc(Br)ccc2Nc2ccc(C(F)(F)F)cc2)o1. The highest BCUT2D eigenvalue weighted by Gasteiger charge is 2.29. The van der Waals surface area contributed by atoms with Crippen LogP contribution in [0.2, 0.25) is 0 Å². The normalized spacial score (nSPS) is 11.5. The predicted octanol–water partition coefficient (Wildman–Crippen LogP) is 5.57. The van der Waals surface area contributed by atoms with Crippen LogP contribution in [0.4, 0.5) is 24.5 Å². The molecule has 0 amide bonds. The molecule has 0 saturated heterocycles. The van der Waals surface area contributed by atoms with Crippen molar-refractivity contribution in [2.24, 2.45) is 0 Å². The van der Waals surface area contributed by atoms with E-state index >= 15 is 0 Å². The molecule has 1 heterocycles. The van der Waals surface area contributed by atoms with E-state index < -0.39 is 11.7 Å². The van der Waals surface area contributed by atoms with Gasteiger partial charge in [-0.05, 0) is 42.5 Å². The minimum absolute atomic E-state index is 0.322. The van der Waals surface area contributed by atoms with Crippen LogP contribution in [0.25, 0.3) is 11.5 Å². The van der Waals surface area contributed by atoms with E-state index in [4.69, 9.17) is 4.42 Å². The van der Waals surface area contributed by atoms with Crippen LogP contribution in [0, 0.1) is 6.92 Å². The molecular weight excluding hydrogens is 387 g/mol. The van der Waals surface area contributed by atoms with E-state index in [0.29, 0.717) is 28.7 Å². The summed E-state index contributed by atoms with van der Waals surface area (Å²) in [5, 5.41) is 10.8. The fourth-order valence-corrected chi connectivity index (χ4v) is 2.47. The highest BCUT2D eigenvalue weighted by Crippen LogP contribution is 2.34. The summed E-state index contributed by atoms with van der Waals surface area (Å²) in [5.74, 6) is 0.744. The first kappa shape index (κ1) is 16.5. The number of benzene rings is 2. The van der Waals surface area contributed by atoms with Crippen molar-refractivity contribution in [3.05, 3.63) is 58.4 Å². The summed E-state index contributed by atoms with van der Waals surface area (Å²) in [6.07, 6.45) is -4.36. The molecule has 0 unspecified atom stereocenters. The highest BCUT2D eigenvalue weighted by atomic mass is 79.9. The molecular formula is C16H11BrF3N3O. The Morgan fingerprint density at radius 1 is 1.04 bits per heavy atom. The van der Waals surface area contributed by atoms with Gasteiger partial charge in [-0.1, -0.05) is 15.9 Å². The molecule has 1 aromatic heterocycles. The zero-order chi connectivity index (χ0) is 17.3. The molecule has 0 atom stereocenters. The topological polar surface area (TPSA) is 51.0 Å². The number of hydrogen-bond acceptors (Lipinski definition) is 4. The Bertz CT molecular complexity index is 860. The van der Waals surface area contributed by atoms with Crippen molar-refractivity contribution >= 4 is 27.3 Å². The van der Waals surface area contributed by atoms with Crippen LogP contribution >= 0.6 is 15.9 Å². The minimum atomic E-state index is -4.36. The molecule has 0 aliphatic rings. The number of nitrogens with one attached hydrogen (secondary N) is 1. The van der Waals surface area contributed by atoms with Crippen molar-refractivity contribution in [2.75, 3.05) is 5.32 Å². The van der Waals surface area contributed by atoms with Gasteiger partial charge in [-0.15, -0.1) is 10.2 Å². The van der Waals surface area contributed by atoms with E-state index in [1.54, 1.807) is 25.1 Å². The molecule has 0 radical (unpaired) electrons. The lowest BCUT2D eigenvalue weighted by molar-refractivity contribution is -0.137. The number of aromatic nitrogens is 2. The monoisotopic (exact) mass is 397 g/mol. The molecule has 0 saturated carbocycles. The molecule has 2 aromatic carbocycles. The Morgan fingerprint density at radius 2 is 1.75 bits per heavy atom. The van der Waals surface area contributed by atoms with Crippen LogP contribution in [0.3, 0.4) is 0 Å². The van der Waals surface area contributed by atoms with Crippen molar-refractivity contribution < 1.29 is 17.6 Å². The van der Waals surface area contributed by atoms with Gasteiger partial charge in [0.25, 0.3) is 0 Å². The Kier molecular flexibility index (Phi) is 4.31. The van der Waals surface area contributed by atoms with E-state index in [1.165, 1.54) is 12.1 Å². The van der Waals surface area contributed by atoms with Gasteiger partial charge in [-0.3, -0.25) is 0 Å². The van der Waals surface area contributed by atoms with Gasteiger partial charge in [0.05, 0.1) is 16.8 Å². The average molecular weight is 398 g/mol. The first-order valence-electron chi connectivity index (χ1n) is 6.87. The van der Waals surface area contributed by atoms with Crippen LogP contribution in [0.5, 0.6) is 0 Å². The van der Waals surface area contributed by atoms with Crippen LogP contribution in [0.1, 0.15) is 11.5 Å². The van der Waals surface area contributed by atoms with E-state index in [2.05, 4.69) is 31.4 Å². The first-order chi connectivity index (χ1) is 11.3. The van der Waals surface area contributed by atoms with Gasteiger partial charge in [-0.25, -0.2) is 0 Å². The lowest BCUT2D eigenvalue weighted by atomic mass is 10.1. The third-order valence-corrected chi connectivity index (χ3v) is 3.72. The number of aryl methyl sites for hydroxylation is 1.